The zero-order valence-corrected chi connectivity index (χ0v) is 19.1. The Hall–Kier alpha value is -4.16. The van der Waals surface area contributed by atoms with E-state index in [1.807, 2.05) is 103 Å². The molecule has 2 N–H and O–H groups in total. The Labute approximate surface area is 203 Å². The van der Waals surface area contributed by atoms with Gasteiger partial charge in [0.05, 0.1) is 6.54 Å². The Kier molecular flexibility index (Phi) is 6.21. The van der Waals surface area contributed by atoms with Gasteiger partial charge in [-0.15, -0.1) is 0 Å². The highest BCUT2D eigenvalue weighted by Gasteiger charge is 2.52. The van der Waals surface area contributed by atoms with Gasteiger partial charge in [-0.1, -0.05) is 97.1 Å². The highest BCUT2D eigenvalue weighted by atomic mass is 16.5. The molecule has 3 amide bonds. The number of benzene rings is 4. The molecule has 6 nitrogen and oxygen atoms in total. The summed E-state index contributed by atoms with van der Waals surface area (Å²) < 4.78 is 5.87. The molecule has 4 aromatic carbocycles. The fourth-order valence-corrected chi connectivity index (χ4v) is 4.61. The van der Waals surface area contributed by atoms with E-state index in [2.05, 4.69) is 5.32 Å². The average Bonchev–Trinajstić information content (AvgIpc) is 3.13. The molecule has 0 saturated carbocycles. The van der Waals surface area contributed by atoms with Crippen molar-refractivity contribution in [1.29, 1.82) is 0 Å². The first-order valence-corrected chi connectivity index (χ1v) is 11.6. The second-order valence-electron chi connectivity index (χ2n) is 8.72. The monoisotopic (exact) mass is 466 g/mol. The van der Waals surface area contributed by atoms with Crippen LogP contribution in [0.5, 0.6) is 5.75 Å². The van der Waals surface area contributed by atoms with Gasteiger partial charge in [0.15, 0.2) is 5.54 Å². The summed E-state index contributed by atoms with van der Waals surface area (Å²) in [4.78, 5) is 27.8. The van der Waals surface area contributed by atoms with Crippen molar-refractivity contribution < 1.29 is 19.4 Å². The third kappa shape index (κ3) is 4.48. The summed E-state index contributed by atoms with van der Waals surface area (Å²) in [6.07, 6.45) is -0.742. The van der Waals surface area contributed by atoms with Crippen LogP contribution in [-0.4, -0.2) is 41.2 Å². The lowest BCUT2D eigenvalue weighted by Gasteiger charge is -2.28. The molecule has 0 spiro atoms. The van der Waals surface area contributed by atoms with Crippen molar-refractivity contribution in [2.24, 2.45) is 0 Å². The van der Waals surface area contributed by atoms with E-state index < -0.39 is 17.7 Å². The molecular formula is C29H26N2O4. The number of aliphatic hydroxyl groups excluding tert-OH is 1. The molecule has 0 unspecified atom stereocenters. The normalized spacial score (nSPS) is 18.5. The minimum atomic E-state index is -1.24. The Morgan fingerprint density at radius 1 is 0.829 bits per heavy atom. The van der Waals surface area contributed by atoms with Crippen molar-refractivity contribution >= 4 is 22.7 Å². The first-order chi connectivity index (χ1) is 17.1. The van der Waals surface area contributed by atoms with Gasteiger partial charge in [-0.3, -0.25) is 9.69 Å². The molecule has 0 radical (unpaired) electrons. The third-order valence-electron chi connectivity index (χ3n) is 6.33. The number of hydrogen-bond donors (Lipinski definition) is 2. The van der Waals surface area contributed by atoms with E-state index in [-0.39, 0.29) is 19.1 Å². The molecule has 2 atom stereocenters. The van der Waals surface area contributed by atoms with Crippen molar-refractivity contribution in [2.75, 3.05) is 13.2 Å². The van der Waals surface area contributed by atoms with Crippen molar-refractivity contribution in [2.45, 2.75) is 18.1 Å². The Morgan fingerprint density at radius 2 is 1.49 bits per heavy atom. The topological polar surface area (TPSA) is 78.9 Å². The molecule has 4 aromatic rings. The SMILES string of the molecule is O=C1N[C@@](Cc2ccccc2)(c2ccccc2)C(=O)N1C[C@@H](O)COc1cccc2ccccc12. The van der Waals surface area contributed by atoms with E-state index in [0.717, 1.165) is 21.2 Å². The van der Waals surface area contributed by atoms with Crippen LogP contribution in [0, 0.1) is 0 Å². The van der Waals surface area contributed by atoms with E-state index in [4.69, 9.17) is 4.74 Å². The zero-order chi connectivity index (χ0) is 24.3. The number of β-amino-alcohol motifs (C(OH)–C–C–N with tert-alkyl or cyclic N) is 1. The van der Waals surface area contributed by atoms with Gasteiger partial charge < -0.3 is 15.2 Å². The van der Waals surface area contributed by atoms with Gasteiger partial charge in [0, 0.05) is 11.8 Å². The maximum Gasteiger partial charge on any atom is 0.325 e. The van der Waals surface area contributed by atoms with Crippen LogP contribution in [-0.2, 0) is 16.8 Å². The number of nitrogens with zero attached hydrogens (tertiary/aromatic N) is 1. The Balaban J connectivity index is 1.34. The van der Waals surface area contributed by atoms with E-state index in [0.29, 0.717) is 17.7 Å². The molecule has 0 bridgehead atoms. The molecule has 1 saturated heterocycles. The largest absolute Gasteiger partial charge is 0.490 e. The lowest BCUT2D eigenvalue weighted by molar-refractivity contribution is -0.132. The van der Waals surface area contributed by atoms with Crippen LogP contribution in [0.25, 0.3) is 10.8 Å². The highest BCUT2D eigenvalue weighted by molar-refractivity contribution is 6.07. The molecule has 0 aromatic heterocycles. The number of rotatable bonds is 8. The standard InChI is InChI=1S/C29H26N2O4/c32-24(20-35-26-17-9-13-22-12-7-8-16-25(22)26)19-31-27(33)29(30-28(31)34,23-14-5-2-6-15-23)18-21-10-3-1-4-11-21/h1-17,24,32H,18-20H2,(H,30,34)/t24-,29+/m1/s1. The number of hydrogen-bond acceptors (Lipinski definition) is 4. The van der Waals surface area contributed by atoms with Gasteiger partial charge in [-0.25, -0.2) is 4.79 Å². The molecule has 1 aliphatic heterocycles. The van der Waals surface area contributed by atoms with Crippen molar-refractivity contribution in [3.63, 3.8) is 0 Å². The van der Waals surface area contributed by atoms with Crippen LogP contribution in [0.1, 0.15) is 11.1 Å². The number of fused-ring (bicyclic) bond motifs is 1. The molecule has 176 valence electrons. The van der Waals surface area contributed by atoms with Gasteiger partial charge in [-0.2, -0.15) is 0 Å². The predicted octanol–water partition coefficient (Wildman–Crippen LogP) is 4.27. The Bertz CT molecular complexity index is 1340. The van der Waals surface area contributed by atoms with Crippen molar-refractivity contribution in [1.82, 2.24) is 10.2 Å². The summed E-state index contributed by atoms with van der Waals surface area (Å²) in [5.41, 5.74) is 0.383. The zero-order valence-electron chi connectivity index (χ0n) is 19.1. The van der Waals surface area contributed by atoms with Crippen LogP contribution < -0.4 is 10.1 Å². The lowest BCUT2D eigenvalue weighted by atomic mass is 9.83. The second kappa shape index (κ2) is 9.60. The summed E-state index contributed by atoms with van der Waals surface area (Å²) in [5.74, 6) is 0.254. The van der Waals surface area contributed by atoms with E-state index in [1.54, 1.807) is 0 Å². The first-order valence-electron chi connectivity index (χ1n) is 11.6. The van der Waals surface area contributed by atoms with E-state index in [1.165, 1.54) is 0 Å². The minimum Gasteiger partial charge on any atom is -0.490 e. The number of carbonyl (C=O) groups is 2. The second-order valence-corrected chi connectivity index (χ2v) is 8.72. The summed E-state index contributed by atoms with van der Waals surface area (Å²) in [6, 6.07) is 31.8. The summed E-state index contributed by atoms with van der Waals surface area (Å²) in [5, 5.41) is 15.6. The average molecular weight is 467 g/mol. The highest BCUT2D eigenvalue weighted by Crippen LogP contribution is 2.33. The van der Waals surface area contributed by atoms with Crippen LogP contribution in [0.4, 0.5) is 4.79 Å². The molecule has 0 aliphatic carbocycles. The predicted molar refractivity (Wildman–Crippen MR) is 134 cm³/mol. The lowest BCUT2D eigenvalue weighted by Crippen LogP contribution is -2.46. The molecule has 1 fully saturated rings. The number of ether oxygens (including phenoxy) is 1. The van der Waals surface area contributed by atoms with Gasteiger partial charge in [-0.05, 0) is 22.6 Å². The number of imide groups is 1. The molecule has 35 heavy (non-hydrogen) atoms. The fraction of sp³-hybridized carbons (Fsp3) is 0.172. The molecule has 5 rings (SSSR count). The third-order valence-corrected chi connectivity index (χ3v) is 6.33. The van der Waals surface area contributed by atoms with Gasteiger partial charge in [0.1, 0.15) is 18.5 Å². The molecule has 1 heterocycles. The van der Waals surface area contributed by atoms with Crippen molar-refractivity contribution in [3.8, 4) is 5.75 Å². The number of amides is 3. The first kappa shape index (κ1) is 22.6. The van der Waals surface area contributed by atoms with Crippen LogP contribution in [0.3, 0.4) is 0 Å². The fourth-order valence-electron chi connectivity index (χ4n) is 4.61. The maximum atomic E-state index is 13.7. The van der Waals surface area contributed by atoms with Crippen LogP contribution in [0.15, 0.2) is 103 Å². The number of urea groups is 1. The smallest absolute Gasteiger partial charge is 0.325 e. The summed E-state index contributed by atoms with van der Waals surface area (Å²) in [7, 11) is 0. The molecular weight excluding hydrogens is 440 g/mol. The Morgan fingerprint density at radius 3 is 2.26 bits per heavy atom. The minimum absolute atomic E-state index is 0.0535. The summed E-state index contributed by atoms with van der Waals surface area (Å²) >= 11 is 0. The molecule has 6 heteroatoms. The van der Waals surface area contributed by atoms with Gasteiger partial charge in [0.2, 0.25) is 0 Å². The summed E-state index contributed by atoms with van der Waals surface area (Å²) in [6.45, 7) is -0.221. The quantitative estimate of drug-likeness (QED) is 0.380. The number of nitrogens with one attached hydrogen (secondary N) is 1. The number of aliphatic hydroxyl groups is 1. The van der Waals surface area contributed by atoms with Crippen LogP contribution >= 0.6 is 0 Å². The van der Waals surface area contributed by atoms with E-state index in [9.17, 15) is 14.7 Å². The van der Waals surface area contributed by atoms with Crippen molar-refractivity contribution in [3.05, 3.63) is 114 Å². The van der Waals surface area contributed by atoms with Crippen LogP contribution in [0.2, 0.25) is 0 Å². The maximum absolute atomic E-state index is 13.7. The van der Waals surface area contributed by atoms with Gasteiger partial charge >= 0.3 is 6.03 Å². The van der Waals surface area contributed by atoms with E-state index >= 15 is 0 Å². The number of carbonyl (C=O) groups excluding carboxylic acids is 2. The van der Waals surface area contributed by atoms with Gasteiger partial charge in [0.25, 0.3) is 5.91 Å². The molecule has 1 aliphatic rings.